The predicted octanol–water partition coefficient (Wildman–Crippen LogP) is -3.82. The maximum Gasteiger partial charge on any atom is 0.220 e. The van der Waals surface area contributed by atoms with Gasteiger partial charge in [0.05, 0.1) is 37.6 Å². The first-order valence-electron chi connectivity index (χ1n) is 23.3. The number of nitrogens with one attached hydrogen (secondary N) is 4. The van der Waals surface area contributed by atoms with E-state index in [1.54, 1.807) is 0 Å². The molecule has 25 heteroatoms. The van der Waals surface area contributed by atoms with E-state index in [9.17, 15) is 60.7 Å². The molecule has 0 radical (unpaired) electrons. The van der Waals surface area contributed by atoms with Crippen LogP contribution in [-0.4, -0.2) is 213 Å². The Balaban J connectivity index is 0.000000360. The van der Waals surface area contributed by atoms with Gasteiger partial charge in [0, 0.05) is 72.0 Å². The van der Waals surface area contributed by atoms with E-state index in [4.69, 9.17) is 37.9 Å². The number of hydrogen-bond acceptors (Lipinski definition) is 22. The van der Waals surface area contributed by atoms with Crippen molar-refractivity contribution in [2.24, 2.45) is 11.8 Å². The average Bonchev–Trinajstić information content (AvgIpc) is 3.33. The molecular weight excluding hydrogens is 1100 g/mol. The van der Waals surface area contributed by atoms with Crippen molar-refractivity contribution < 1.29 is 120 Å². The number of amides is 2. The Kier molecular flexibility index (Phi) is 27.0. The standard InChI is InChI=1S/2C22H37N2O10.CH3.W/c2*1-11(23-2)6-7-15(26)24-9-13-12-5-3-4-8-31-21-19(30)17(28)20(14(10-25)33-21)34-22(32-13)18(29)16(12)27;;/h2*12-14,16-23,25,27-30H,1-10H2,(H,24,26);1H3;/q3*-1;/t2*12?,13?,14?,16?,17?,18?,19?,20?,21-,22+;;/m11../s1. The van der Waals surface area contributed by atoms with Crippen LogP contribution in [0.2, 0.25) is 0 Å². The van der Waals surface area contributed by atoms with Gasteiger partial charge in [-0.2, -0.15) is 0 Å². The van der Waals surface area contributed by atoms with Gasteiger partial charge in [0.15, 0.2) is 25.2 Å². The van der Waals surface area contributed by atoms with Gasteiger partial charge in [-0.05, 0) is 49.9 Å². The van der Waals surface area contributed by atoms with Crippen molar-refractivity contribution in [2.45, 2.75) is 175 Å². The molecule has 0 spiro atoms. The van der Waals surface area contributed by atoms with Gasteiger partial charge in [-0.25, -0.2) is 0 Å². The molecule has 12 aliphatic heterocycles. The summed E-state index contributed by atoms with van der Waals surface area (Å²) >= 11 is 0. The first kappa shape index (κ1) is 62.3. The SMILES string of the molecule is C=C(CCC(=O)NCC1O[C@H]2OC3C(CO)O[C@@H](OCCCCC1C(O)C2O)C(O)C3O)N[CH2-].C=C(CCC(=O)NCC1O[C@H]2OC3C(CO)O[C@@H](OCCCCC1C(O)C2O)C(O)C3O)N[CH2-].[CH3-].[W]. The van der Waals surface area contributed by atoms with Gasteiger partial charge in [-0.3, -0.25) is 23.7 Å². The Morgan fingerprint density at radius 3 is 1.17 bits per heavy atom. The van der Waals surface area contributed by atoms with E-state index in [1.807, 2.05) is 0 Å². The Morgan fingerprint density at radius 1 is 0.486 bits per heavy atom. The van der Waals surface area contributed by atoms with Gasteiger partial charge in [-0.1, -0.05) is 26.0 Å². The van der Waals surface area contributed by atoms with Gasteiger partial charge in [-0.15, -0.1) is 0 Å². The minimum Gasteiger partial charge on any atom is -0.542 e. The Labute approximate surface area is 423 Å². The second-order valence-electron chi connectivity index (χ2n) is 17.9. The molecule has 0 aliphatic carbocycles. The van der Waals surface area contributed by atoms with Crippen LogP contribution in [0.4, 0.5) is 0 Å². The van der Waals surface area contributed by atoms with Crippen LogP contribution in [0.1, 0.15) is 64.2 Å². The van der Waals surface area contributed by atoms with Crippen molar-refractivity contribution in [1.82, 2.24) is 21.3 Å². The van der Waals surface area contributed by atoms with E-state index < -0.39 is 136 Å². The van der Waals surface area contributed by atoms with Crippen LogP contribution < -0.4 is 21.3 Å². The minimum absolute atomic E-state index is 0. The fraction of sp³-hybridized carbons (Fsp3) is 0.800. The Hall–Kier alpha value is -2.01. The second-order valence-corrected chi connectivity index (χ2v) is 17.9. The summed E-state index contributed by atoms with van der Waals surface area (Å²) in [6.07, 6.45) is -18.0. The molecule has 0 aromatic heterocycles. The third-order valence-electron chi connectivity index (χ3n) is 13.2. The van der Waals surface area contributed by atoms with E-state index in [0.29, 0.717) is 62.8 Å². The third-order valence-corrected chi connectivity index (χ3v) is 13.2. The number of aliphatic hydroxyl groups is 10. The molecule has 0 aromatic carbocycles. The summed E-state index contributed by atoms with van der Waals surface area (Å²) in [7, 11) is 6.98. The molecule has 406 valence electrons. The van der Waals surface area contributed by atoms with E-state index in [-0.39, 0.29) is 79.5 Å². The van der Waals surface area contributed by atoms with Crippen LogP contribution >= 0.6 is 0 Å². The summed E-state index contributed by atoms with van der Waals surface area (Å²) in [4.78, 5) is 24.5. The monoisotopic (exact) mass is 1180 g/mol. The summed E-state index contributed by atoms with van der Waals surface area (Å²) in [6, 6.07) is 0. The first-order valence-corrected chi connectivity index (χ1v) is 23.3. The summed E-state index contributed by atoms with van der Waals surface area (Å²) in [5.74, 6) is -1.48. The number of ether oxygens (including phenoxy) is 8. The maximum absolute atomic E-state index is 12.3. The Bertz CT molecular complexity index is 1480. The van der Waals surface area contributed by atoms with Gasteiger partial charge in [0.25, 0.3) is 0 Å². The quantitative estimate of drug-likeness (QED) is 0.0741. The molecule has 12 fully saturated rings. The zero-order valence-corrected chi connectivity index (χ0v) is 42.6. The molecule has 0 saturated carbocycles. The molecule has 12 saturated heterocycles. The van der Waals surface area contributed by atoms with Crippen molar-refractivity contribution in [3.8, 4) is 0 Å². The zero-order chi connectivity index (χ0) is 49.7. The smallest absolute Gasteiger partial charge is 0.220 e. The van der Waals surface area contributed by atoms with Crippen LogP contribution in [0.15, 0.2) is 24.6 Å². The largest absolute Gasteiger partial charge is 0.542 e. The van der Waals surface area contributed by atoms with Crippen molar-refractivity contribution in [2.75, 3.05) is 39.5 Å². The molecule has 12 rings (SSSR count). The fourth-order valence-electron chi connectivity index (χ4n) is 9.01. The van der Waals surface area contributed by atoms with E-state index in [1.165, 1.54) is 0 Å². The topological polar surface area (TPSA) is 358 Å². The van der Waals surface area contributed by atoms with E-state index in [2.05, 4.69) is 48.5 Å². The van der Waals surface area contributed by atoms with Crippen molar-refractivity contribution in [1.29, 1.82) is 0 Å². The molecule has 12 heterocycles. The number of allylic oxidation sites excluding steroid dienone is 2. The van der Waals surface area contributed by atoms with Crippen LogP contribution in [0.3, 0.4) is 0 Å². The number of aliphatic hydroxyl groups excluding tert-OH is 10. The molecule has 14 N–H and O–H groups in total. The summed E-state index contributed by atoms with van der Waals surface area (Å²) in [5, 5.41) is 115. The summed E-state index contributed by atoms with van der Waals surface area (Å²) in [5.41, 5.74) is 1.24. The summed E-state index contributed by atoms with van der Waals surface area (Å²) in [6.45, 7) is 6.90. The number of hydrogen-bond donors (Lipinski definition) is 14. The molecular formula is C45H77N4O20W-3. The van der Waals surface area contributed by atoms with Crippen LogP contribution in [0.25, 0.3) is 0 Å². The molecule has 2 amide bonds. The normalized spacial score (nSPS) is 39.8. The first-order chi connectivity index (χ1) is 32.5. The number of carbonyl (C=O) groups is 2. The third kappa shape index (κ3) is 16.5. The molecule has 12 aliphatic rings. The molecule has 16 unspecified atom stereocenters. The summed E-state index contributed by atoms with van der Waals surface area (Å²) < 4.78 is 45.7. The van der Waals surface area contributed by atoms with Crippen molar-refractivity contribution in [3.05, 3.63) is 46.1 Å². The second kappa shape index (κ2) is 30.4. The number of carbonyl (C=O) groups excluding carboxylic acids is 2. The Morgan fingerprint density at radius 2 is 0.829 bits per heavy atom. The van der Waals surface area contributed by atoms with Crippen molar-refractivity contribution in [3.63, 3.8) is 0 Å². The maximum atomic E-state index is 12.3. The number of rotatable bonds is 14. The molecule has 20 atom stereocenters. The molecule has 0 aromatic rings. The molecule has 24 nitrogen and oxygen atoms in total. The van der Waals surface area contributed by atoms with Crippen LogP contribution in [-0.2, 0) is 68.5 Å². The predicted molar refractivity (Wildman–Crippen MR) is 239 cm³/mol. The average molecular weight is 1180 g/mol. The zero-order valence-electron chi connectivity index (χ0n) is 39.7. The van der Waals surface area contributed by atoms with Gasteiger partial charge >= 0.3 is 0 Å². The van der Waals surface area contributed by atoms with E-state index in [0.717, 1.165) is 0 Å². The van der Waals surface area contributed by atoms with Gasteiger partial charge in [0.1, 0.15) is 61.0 Å². The van der Waals surface area contributed by atoms with Gasteiger partial charge < -0.3 is 118 Å². The van der Waals surface area contributed by atoms with Gasteiger partial charge in [0.2, 0.25) is 11.8 Å². The fourth-order valence-corrected chi connectivity index (χ4v) is 9.01. The molecule has 8 bridgehead atoms. The minimum atomic E-state index is -1.50. The van der Waals surface area contributed by atoms with Crippen LogP contribution in [0.5, 0.6) is 0 Å². The van der Waals surface area contributed by atoms with Crippen LogP contribution in [0, 0.1) is 33.4 Å². The molecule has 70 heavy (non-hydrogen) atoms. The van der Waals surface area contributed by atoms with E-state index >= 15 is 0 Å². The van der Waals surface area contributed by atoms with Crippen molar-refractivity contribution >= 4 is 11.8 Å².